The summed E-state index contributed by atoms with van der Waals surface area (Å²) in [6.45, 7) is 7.81. The van der Waals surface area contributed by atoms with Crippen LogP contribution >= 0.6 is 11.6 Å². The summed E-state index contributed by atoms with van der Waals surface area (Å²) in [4.78, 5) is 39.4. The van der Waals surface area contributed by atoms with Gasteiger partial charge in [0.15, 0.2) is 0 Å². The second-order valence-corrected chi connectivity index (χ2v) is 8.81. The van der Waals surface area contributed by atoms with E-state index in [0.29, 0.717) is 16.9 Å². The molecule has 0 aliphatic carbocycles. The molecular formula is C27H24ClN3O3. The van der Waals surface area contributed by atoms with Gasteiger partial charge in [0.1, 0.15) is 10.7 Å². The van der Waals surface area contributed by atoms with Gasteiger partial charge in [-0.15, -0.1) is 0 Å². The molecule has 172 valence electrons. The summed E-state index contributed by atoms with van der Waals surface area (Å²) < 4.78 is 0. The number of carbonyl (C=O) groups excluding carboxylic acids is 3. The second kappa shape index (κ2) is 9.15. The van der Waals surface area contributed by atoms with Gasteiger partial charge in [0, 0.05) is 16.9 Å². The summed E-state index contributed by atoms with van der Waals surface area (Å²) in [5, 5.41) is 5.64. The molecule has 0 atom stereocenters. The maximum atomic E-state index is 13.0. The third-order valence-electron chi connectivity index (χ3n) is 5.67. The van der Waals surface area contributed by atoms with Gasteiger partial charge in [0.05, 0.1) is 5.69 Å². The van der Waals surface area contributed by atoms with E-state index in [0.717, 1.165) is 32.8 Å². The third kappa shape index (κ3) is 4.58. The van der Waals surface area contributed by atoms with Crippen molar-refractivity contribution < 1.29 is 14.4 Å². The highest BCUT2D eigenvalue weighted by Crippen LogP contribution is 2.31. The van der Waals surface area contributed by atoms with Crippen LogP contribution in [0.3, 0.4) is 0 Å². The number of benzene rings is 3. The Balaban J connectivity index is 1.49. The lowest BCUT2D eigenvalue weighted by atomic mass is 10.1. The molecule has 4 rings (SSSR count). The molecule has 0 saturated carbocycles. The monoisotopic (exact) mass is 473 g/mol. The molecular weight excluding hydrogens is 450 g/mol. The number of rotatable bonds is 5. The Morgan fingerprint density at radius 3 is 2.03 bits per heavy atom. The molecule has 7 heteroatoms. The minimum atomic E-state index is -0.582. The number of nitrogens with one attached hydrogen (secondary N) is 2. The highest BCUT2D eigenvalue weighted by atomic mass is 35.5. The molecule has 6 nitrogen and oxygen atoms in total. The molecule has 2 N–H and O–H groups in total. The fourth-order valence-electron chi connectivity index (χ4n) is 3.81. The standard InChI is InChI=1S/C27H24ClN3O3/c1-15-11-16(2)13-21(12-15)30-25(32)19-6-8-20(9-7-19)29-24-23(28)26(33)31(27(24)34)22-10-5-17(3)18(4)14-22/h5-14,29H,1-4H3,(H,30,32). The van der Waals surface area contributed by atoms with Gasteiger partial charge in [-0.3, -0.25) is 14.4 Å². The number of hydrogen-bond donors (Lipinski definition) is 2. The predicted molar refractivity (Wildman–Crippen MR) is 135 cm³/mol. The van der Waals surface area contributed by atoms with Gasteiger partial charge in [-0.05, 0) is 98.5 Å². The highest BCUT2D eigenvalue weighted by Gasteiger charge is 2.39. The predicted octanol–water partition coefficient (Wildman–Crippen LogP) is 5.61. The largest absolute Gasteiger partial charge is 0.350 e. The van der Waals surface area contributed by atoms with Crippen molar-refractivity contribution in [2.24, 2.45) is 0 Å². The zero-order valence-electron chi connectivity index (χ0n) is 19.3. The lowest BCUT2D eigenvalue weighted by Crippen LogP contribution is -2.32. The van der Waals surface area contributed by atoms with Crippen molar-refractivity contribution in [3.8, 4) is 0 Å². The summed E-state index contributed by atoms with van der Waals surface area (Å²) in [5.41, 5.74) is 6.31. The number of imide groups is 1. The SMILES string of the molecule is Cc1cc(C)cc(NC(=O)c2ccc(NC3=C(Cl)C(=O)N(c4ccc(C)c(C)c4)C3=O)cc2)c1. The molecule has 0 aromatic heterocycles. The maximum Gasteiger partial charge on any atom is 0.283 e. The summed E-state index contributed by atoms with van der Waals surface area (Å²) in [7, 11) is 0. The minimum Gasteiger partial charge on any atom is -0.350 e. The van der Waals surface area contributed by atoms with Crippen LogP contribution in [0.1, 0.15) is 32.6 Å². The van der Waals surface area contributed by atoms with E-state index in [2.05, 4.69) is 10.6 Å². The maximum absolute atomic E-state index is 13.0. The molecule has 0 unspecified atom stereocenters. The van der Waals surface area contributed by atoms with Crippen molar-refractivity contribution >= 4 is 46.4 Å². The molecule has 3 amide bonds. The minimum absolute atomic E-state index is 0.00247. The van der Waals surface area contributed by atoms with Crippen molar-refractivity contribution in [1.29, 1.82) is 0 Å². The molecule has 0 saturated heterocycles. The first-order valence-electron chi connectivity index (χ1n) is 10.8. The van der Waals surface area contributed by atoms with Crippen LogP contribution < -0.4 is 15.5 Å². The van der Waals surface area contributed by atoms with Gasteiger partial charge in [-0.2, -0.15) is 0 Å². The van der Waals surface area contributed by atoms with Crippen molar-refractivity contribution in [1.82, 2.24) is 0 Å². The van der Waals surface area contributed by atoms with Crippen LogP contribution in [0.5, 0.6) is 0 Å². The van der Waals surface area contributed by atoms with Crippen LogP contribution in [0.4, 0.5) is 17.1 Å². The number of aryl methyl sites for hydroxylation is 4. The number of amides is 3. The summed E-state index contributed by atoms with van der Waals surface area (Å²) in [6, 6.07) is 17.8. The molecule has 0 bridgehead atoms. The molecule has 3 aromatic rings. The topological polar surface area (TPSA) is 78.5 Å². The number of nitrogens with zero attached hydrogens (tertiary/aromatic N) is 1. The van der Waals surface area contributed by atoms with Crippen LogP contribution in [0, 0.1) is 27.7 Å². The fraction of sp³-hybridized carbons (Fsp3) is 0.148. The summed E-state index contributed by atoms with van der Waals surface area (Å²) in [6.07, 6.45) is 0. The smallest absolute Gasteiger partial charge is 0.283 e. The molecule has 1 aliphatic heterocycles. The Morgan fingerprint density at radius 1 is 0.765 bits per heavy atom. The highest BCUT2D eigenvalue weighted by molar-refractivity contribution is 6.53. The van der Waals surface area contributed by atoms with E-state index in [-0.39, 0.29) is 16.6 Å². The molecule has 34 heavy (non-hydrogen) atoms. The van der Waals surface area contributed by atoms with Gasteiger partial charge in [0.2, 0.25) is 0 Å². The summed E-state index contributed by atoms with van der Waals surface area (Å²) >= 11 is 6.23. The normalized spacial score (nSPS) is 13.5. The van der Waals surface area contributed by atoms with E-state index in [1.807, 2.05) is 52.0 Å². The van der Waals surface area contributed by atoms with Gasteiger partial charge < -0.3 is 10.6 Å². The average Bonchev–Trinajstić information content (AvgIpc) is 2.98. The van der Waals surface area contributed by atoms with Crippen LogP contribution in [-0.4, -0.2) is 17.7 Å². The number of halogens is 1. The van der Waals surface area contributed by atoms with E-state index < -0.39 is 11.8 Å². The lowest BCUT2D eigenvalue weighted by molar-refractivity contribution is -0.120. The molecule has 1 aliphatic rings. The van der Waals surface area contributed by atoms with Gasteiger partial charge in [-0.25, -0.2) is 4.90 Å². The number of anilines is 3. The van der Waals surface area contributed by atoms with Crippen molar-refractivity contribution in [2.45, 2.75) is 27.7 Å². The molecule has 0 radical (unpaired) electrons. The molecule has 1 heterocycles. The van der Waals surface area contributed by atoms with E-state index in [1.165, 1.54) is 0 Å². The van der Waals surface area contributed by atoms with Crippen LogP contribution in [-0.2, 0) is 9.59 Å². The van der Waals surface area contributed by atoms with E-state index in [4.69, 9.17) is 11.6 Å². The van der Waals surface area contributed by atoms with Crippen molar-refractivity contribution in [3.63, 3.8) is 0 Å². The average molecular weight is 474 g/mol. The Hall–Kier alpha value is -3.90. The zero-order chi connectivity index (χ0) is 24.6. The Morgan fingerprint density at radius 2 is 1.41 bits per heavy atom. The Labute approximate surface area is 203 Å². The molecule has 0 spiro atoms. The van der Waals surface area contributed by atoms with Crippen molar-refractivity contribution in [2.75, 3.05) is 15.5 Å². The number of carbonyl (C=O) groups is 3. The zero-order valence-corrected chi connectivity index (χ0v) is 20.1. The second-order valence-electron chi connectivity index (χ2n) is 8.44. The van der Waals surface area contributed by atoms with Gasteiger partial charge >= 0.3 is 0 Å². The van der Waals surface area contributed by atoms with E-state index >= 15 is 0 Å². The van der Waals surface area contributed by atoms with Crippen molar-refractivity contribution in [3.05, 3.63) is 99.2 Å². The Kier molecular flexibility index (Phi) is 6.26. The van der Waals surface area contributed by atoms with Crippen LogP contribution in [0.25, 0.3) is 0 Å². The van der Waals surface area contributed by atoms with Crippen LogP contribution in [0.15, 0.2) is 71.4 Å². The van der Waals surface area contributed by atoms with Gasteiger partial charge in [-0.1, -0.05) is 23.7 Å². The van der Waals surface area contributed by atoms with E-state index in [1.54, 1.807) is 36.4 Å². The van der Waals surface area contributed by atoms with E-state index in [9.17, 15) is 14.4 Å². The number of hydrogen-bond acceptors (Lipinski definition) is 4. The molecule has 3 aromatic carbocycles. The quantitative estimate of drug-likeness (QED) is 0.472. The Bertz CT molecular complexity index is 1340. The summed E-state index contributed by atoms with van der Waals surface area (Å²) in [5.74, 6) is -1.36. The first-order valence-corrected chi connectivity index (χ1v) is 11.1. The van der Waals surface area contributed by atoms with Gasteiger partial charge in [0.25, 0.3) is 17.7 Å². The van der Waals surface area contributed by atoms with Crippen LogP contribution in [0.2, 0.25) is 0 Å². The fourth-order valence-corrected chi connectivity index (χ4v) is 4.02. The lowest BCUT2D eigenvalue weighted by Gasteiger charge is -2.16. The molecule has 0 fully saturated rings. The first-order chi connectivity index (χ1) is 16.1. The first kappa shape index (κ1) is 23.3. The third-order valence-corrected chi connectivity index (χ3v) is 6.02.